The summed E-state index contributed by atoms with van der Waals surface area (Å²) in [6, 6.07) is 0.419. The van der Waals surface area contributed by atoms with Gasteiger partial charge in [-0.25, -0.2) is 0 Å². The lowest BCUT2D eigenvalue weighted by atomic mass is 9.94. The van der Waals surface area contributed by atoms with Crippen LogP contribution in [0.4, 0.5) is 0 Å². The van der Waals surface area contributed by atoms with Gasteiger partial charge in [0.2, 0.25) is 0 Å². The van der Waals surface area contributed by atoms with Crippen LogP contribution >= 0.6 is 0 Å². The summed E-state index contributed by atoms with van der Waals surface area (Å²) < 4.78 is 11.3. The molecule has 20 heavy (non-hydrogen) atoms. The maximum atomic E-state index is 6.10. The molecule has 1 aromatic heterocycles. The van der Waals surface area contributed by atoms with Crippen LogP contribution < -0.4 is 5.32 Å². The van der Waals surface area contributed by atoms with Crippen molar-refractivity contribution in [1.82, 2.24) is 10.5 Å². The van der Waals surface area contributed by atoms with Crippen LogP contribution in [0.15, 0.2) is 4.52 Å². The minimum absolute atomic E-state index is 0.0250. The number of hydrogen-bond donors (Lipinski definition) is 1. The highest BCUT2D eigenvalue weighted by Gasteiger charge is 2.45. The Bertz CT molecular complexity index is 444. The molecule has 0 amide bonds. The highest BCUT2D eigenvalue weighted by molar-refractivity contribution is 5.20. The van der Waals surface area contributed by atoms with E-state index in [-0.39, 0.29) is 11.2 Å². The van der Waals surface area contributed by atoms with E-state index < -0.39 is 0 Å². The second-order valence-electron chi connectivity index (χ2n) is 7.08. The standard InChI is InChI=1S/C16H28N2O2/c1-11-13(12(2)19-18-11)8-7-9-17-14-10-15(3,4)20-16(14,5)6/h14,17H,7-10H2,1-6H3. The van der Waals surface area contributed by atoms with Crippen LogP contribution in [0.5, 0.6) is 0 Å². The first-order chi connectivity index (χ1) is 9.21. The van der Waals surface area contributed by atoms with Gasteiger partial charge in [0.1, 0.15) is 5.76 Å². The molecular weight excluding hydrogens is 252 g/mol. The number of hydrogen-bond acceptors (Lipinski definition) is 4. The number of rotatable bonds is 5. The molecule has 1 saturated heterocycles. The van der Waals surface area contributed by atoms with E-state index in [0.717, 1.165) is 37.3 Å². The fourth-order valence-electron chi connectivity index (χ4n) is 3.28. The molecule has 0 aliphatic carbocycles. The summed E-state index contributed by atoms with van der Waals surface area (Å²) in [6.07, 6.45) is 3.17. The maximum Gasteiger partial charge on any atom is 0.137 e. The molecule has 2 rings (SSSR count). The lowest BCUT2D eigenvalue weighted by molar-refractivity contribution is -0.0697. The summed E-state index contributed by atoms with van der Waals surface area (Å²) in [4.78, 5) is 0. The first-order valence-corrected chi connectivity index (χ1v) is 7.56. The molecule has 0 radical (unpaired) electrons. The molecule has 114 valence electrons. The van der Waals surface area contributed by atoms with Gasteiger partial charge in [0.05, 0.1) is 16.9 Å². The molecule has 1 aliphatic heterocycles. The van der Waals surface area contributed by atoms with Crippen molar-refractivity contribution < 1.29 is 9.26 Å². The topological polar surface area (TPSA) is 47.3 Å². The predicted molar refractivity (Wildman–Crippen MR) is 79.9 cm³/mol. The Morgan fingerprint density at radius 1 is 1.25 bits per heavy atom. The molecule has 0 saturated carbocycles. The molecule has 1 N–H and O–H groups in total. The zero-order valence-electron chi connectivity index (χ0n) is 13.7. The smallest absolute Gasteiger partial charge is 0.137 e. The molecule has 1 atom stereocenters. The average Bonchev–Trinajstić information content (AvgIpc) is 2.72. The summed E-state index contributed by atoms with van der Waals surface area (Å²) in [5, 5.41) is 7.65. The summed E-state index contributed by atoms with van der Waals surface area (Å²) in [5.74, 6) is 0.952. The molecule has 1 fully saturated rings. The van der Waals surface area contributed by atoms with Gasteiger partial charge in [-0.1, -0.05) is 5.16 Å². The molecule has 4 heteroatoms. The normalized spacial score (nSPS) is 24.2. The van der Waals surface area contributed by atoms with Crippen LogP contribution in [-0.4, -0.2) is 28.9 Å². The van der Waals surface area contributed by atoms with Gasteiger partial charge in [-0.05, 0) is 67.3 Å². The molecule has 1 aromatic rings. The lowest BCUT2D eigenvalue weighted by Crippen LogP contribution is -2.43. The number of aryl methyl sites for hydroxylation is 2. The first-order valence-electron chi connectivity index (χ1n) is 7.56. The molecule has 2 heterocycles. The Labute approximate surface area is 122 Å². The highest BCUT2D eigenvalue weighted by atomic mass is 16.5. The number of aromatic nitrogens is 1. The third-order valence-electron chi connectivity index (χ3n) is 4.25. The Hall–Kier alpha value is -0.870. The van der Waals surface area contributed by atoms with Gasteiger partial charge in [-0.3, -0.25) is 0 Å². The monoisotopic (exact) mass is 280 g/mol. The molecule has 0 bridgehead atoms. The van der Waals surface area contributed by atoms with Crippen LogP contribution in [0.3, 0.4) is 0 Å². The van der Waals surface area contributed by atoms with Crippen LogP contribution in [0, 0.1) is 13.8 Å². The molecule has 4 nitrogen and oxygen atoms in total. The second kappa shape index (κ2) is 5.49. The largest absolute Gasteiger partial charge is 0.368 e. The maximum absolute atomic E-state index is 6.10. The van der Waals surface area contributed by atoms with Crippen molar-refractivity contribution in [3.8, 4) is 0 Å². The van der Waals surface area contributed by atoms with E-state index >= 15 is 0 Å². The van der Waals surface area contributed by atoms with Crippen molar-refractivity contribution in [2.24, 2.45) is 0 Å². The number of nitrogens with one attached hydrogen (secondary N) is 1. The summed E-state index contributed by atoms with van der Waals surface area (Å²) >= 11 is 0. The highest BCUT2D eigenvalue weighted by Crippen LogP contribution is 2.37. The third-order valence-corrected chi connectivity index (χ3v) is 4.25. The summed E-state index contributed by atoms with van der Waals surface area (Å²) in [6.45, 7) is 13.7. The predicted octanol–water partition coefficient (Wildman–Crippen LogP) is 3.16. The van der Waals surface area contributed by atoms with Gasteiger partial charge in [0.25, 0.3) is 0 Å². The fourth-order valence-corrected chi connectivity index (χ4v) is 3.28. The van der Waals surface area contributed by atoms with E-state index in [1.165, 1.54) is 5.56 Å². The van der Waals surface area contributed by atoms with E-state index in [4.69, 9.17) is 9.26 Å². The average molecular weight is 280 g/mol. The van der Waals surface area contributed by atoms with Crippen LogP contribution in [0.1, 0.15) is 57.6 Å². The second-order valence-corrected chi connectivity index (χ2v) is 7.08. The SMILES string of the molecule is Cc1noc(C)c1CCCNC1CC(C)(C)OC1(C)C. The van der Waals surface area contributed by atoms with E-state index in [1.54, 1.807) is 0 Å². The molecule has 1 aliphatic rings. The quantitative estimate of drug-likeness (QED) is 0.842. The Morgan fingerprint density at radius 2 is 1.95 bits per heavy atom. The molecule has 1 unspecified atom stereocenters. The van der Waals surface area contributed by atoms with Crippen molar-refractivity contribution in [2.75, 3.05) is 6.54 Å². The minimum atomic E-state index is -0.0907. The van der Waals surface area contributed by atoms with Crippen molar-refractivity contribution in [1.29, 1.82) is 0 Å². The lowest BCUT2D eigenvalue weighted by Gasteiger charge is -2.27. The minimum Gasteiger partial charge on any atom is -0.368 e. The molecular formula is C16H28N2O2. The molecule has 0 aromatic carbocycles. The third kappa shape index (κ3) is 3.41. The van der Waals surface area contributed by atoms with E-state index in [2.05, 4.69) is 38.2 Å². The summed E-state index contributed by atoms with van der Waals surface area (Å²) in [5.41, 5.74) is 2.16. The van der Waals surface area contributed by atoms with Gasteiger partial charge in [0, 0.05) is 11.6 Å². The van der Waals surface area contributed by atoms with E-state index in [0.29, 0.717) is 6.04 Å². The Kier molecular flexibility index (Phi) is 4.26. The number of nitrogens with zero attached hydrogens (tertiary/aromatic N) is 1. The van der Waals surface area contributed by atoms with Crippen LogP contribution in [0.2, 0.25) is 0 Å². The van der Waals surface area contributed by atoms with E-state index in [9.17, 15) is 0 Å². The summed E-state index contributed by atoms with van der Waals surface area (Å²) in [7, 11) is 0. The first kappa shape index (κ1) is 15.5. The van der Waals surface area contributed by atoms with Gasteiger partial charge in [0.15, 0.2) is 0 Å². The number of ether oxygens (including phenoxy) is 1. The zero-order chi connectivity index (χ0) is 15.0. The van der Waals surface area contributed by atoms with Gasteiger partial charge >= 0.3 is 0 Å². The van der Waals surface area contributed by atoms with Crippen molar-refractivity contribution >= 4 is 0 Å². The van der Waals surface area contributed by atoms with Crippen molar-refractivity contribution in [3.63, 3.8) is 0 Å². The van der Waals surface area contributed by atoms with Crippen molar-refractivity contribution in [2.45, 2.75) is 78.0 Å². The zero-order valence-corrected chi connectivity index (χ0v) is 13.7. The van der Waals surface area contributed by atoms with Gasteiger partial charge in [-0.15, -0.1) is 0 Å². The van der Waals surface area contributed by atoms with Crippen molar-refractivity contribution in [3.05, 3.63) is 17.0 Å². The van der Waals surface area contributed by atoms with E-state index in [1.807, 2.05) is 13.8 Å². The van der Waals surface area contributed by atoms with Gasteiger partial charge in [-0.2, -0.15) is 0 Å². The molecule has 0 spiro atoms. The van der Waals surface area contributed by atoms with Crippen LogP contribution in [-0.2, 0) is 11.2 Å². The Balaban J connectivity index is 1.79. The van der Waals surface area contributed by atoms with Crippen LogP contribution in [0.25, 0.3) is 0 Å². The van der Waals surface area contributed by atoms with Gasteiger partial charge < -0.3 is 14.6 Å². The Morgan fingerprint density at radius 3 is 2.45 bits per heavy atom. The fraction of sp³-hybridized carbons (Fsp3) is 0.812.